The summed E-state index contributed by atoms with van der Waals surface area (Å²) in [5.74, 6) is 0. The average Bonchev–Trinajstić information content (AvgIpc) is 3.09. The number of hydrogen-bond donors (Lipinski definition) is 3. The number of anilines is 1. The summed E-state index contributed by atoms with van der Waals surface area (Å²) in [6, 6.07) is 6.21. The van der Waals surface area contributed by atoms with Gasteiger partial charge >= 0.3 is 11.0 Å². The Balaban J connectivity index is 1.62. The van der Waals surface area contributed by atoms with Crippen molar-refractivity contribution < 1.29 is 9.53 Å². The molecule has 0 saturated carbocycles. The number of thiazole rings is 1. The van der Waals surface area contributed by atoms with Crippen LogP contribution in [0.1, 0.15) is 50.1 Å². The number of aryl methyl sites for hydroxylation is 1. The van der Waals surface area contributed by atoms with Gasteiger partial charge in [-0.25, -0.2) is 4.79 Å². The van der Waals surface area contributed by atoms with Crippen LogP contribution in [0, 0.1) is 0 Å². The summed E-state index contributed by atoms with van der Waals surface area (Å²) >= 11 is 1.18. The first-order chi connectivity index (χ1) is 11.8. The first-order valence-corrected chi connectivity index (χ1v) is 9.21. The maximum atomic E-state index is 11.9. The van der Waals surface area contributed by atoms with E-state index in [1.165, 1.54) is 22.5 Å². The summed E-state index contributed by atoms with van der Waals surface area (Å²) in [5, 5.41) is 8.11. The molecule has 1 aromatic carbocycles. The van der Waals surface area contributed by atoms with Crippen molar-refractivity contribution in [2.45, 2.75) is 51.8 Å². The van der Waals surface area contributed by atoms with E-state index < -0.39 is 11.7 Å². The van der Waals surface area contributed by atoms with Gasteiger partial charge in [-0.15, -0.1) is 0 Å². The van der Waals surface area contributed by atoms with E-state index in [1.807, 2.05) is 44.4 Å². The van der Waals surface area contributed by atoms with Gasteiger partial charge in [-0.05, 0) is 56.9 Å². The van der Waals surface area contributed by atoms with Crippen LogP contribution < -0.4 is 15.5 Å². The molecule has 1 heterocycles. The first-order valence-electron chi connectivity index (χ1n) is 8.33. The van der Waals surface area contributed by atoms with Crippen molar-refractivity contribution in [2.24, 2.45) is 0 Å². The zero-order valence-corrected chi connectivity index (χ0v) is 15.5. The molecule has 1 aliphatic rings. The number of fused-ring (bicyclic) bond motifs is 1. The smallest absolute Gasteiger partial charge is 0.412 e. The molecular formula is C18H23N3O3S. The number of ether oxygens (including phenoxy) is 1. The quantitative estimate of drug-likeness (QED) is 0.777. The van der Waals surface area contributed by atoms with Crippen LogP contribution in [0.4, 0.5) is 10.5 Å². The van der Waals surface area contributed by atoms with Crippen LogP contribution in [0.5, 0.6) is 0 Å². The van der Waals surface area contributed by atoms with Crippen molar-refractivity contribution in [1.82, 2.24) is 10.3 Å². The molecular weight excluding hydrogens is 338 g/mol. The highest BCUT2D eigenvalue weighted by Crippen LogP contribution is 2.33. The summed E-state index contributed by atoms with van der Waals surface area (Å²) in [6.07, 6.45) is 1.51. The number of rotatable bonds is 4. The summed E-state index contributed by atoms with van der Waals surface area (Å²) in [7, 11) is 0. The number of carbonyl (C=O) groups excluding carboxylic acids is 1. The van der Waals surface area contributed by atoms with Crippen LogP contribution in [-0.4, -0.2) is 16.7 Å². The Morgan fingerprint density at radius 3 is 2.88 bits per heavy atom. The van der Waals surface area contributed by atoms with E-state index in [1.54, 1.807) is 0 Å². The minimum absolute atomic E-state index is 0.0264. The van der Waals surface area contributed by atoms with Crippen molar-refractivity contribution in [2.75, 3.05) is 5.32 Å². The van der Waals surface area contributed by atoms with Gasteiger partial charge in [0.2, 0.25) is 0 Å². The van der Waals surface area contributed by atoms with E-state index in [0.29, 0.717) is 6.54 Å². The molecule has 0 fully saturated rings. The van der Waals surface area contributed by atoms with Crippen LogP contribution >= 0.6 is 11.3 Å². The minimum Gasteiger partial charge on any atom is -0.444 e. The second-order valence-electron chi connectivity index (χ2n) is 7.19. The fourth-order valence-electron chi connectivity index (χ4n) is 2.96. The predicted octanol–water partition coefficient (Wildman–Crippen LogP) is 3.56. The van der Waals surface area contributed by atoms with E-state index in [0.717, 1.165) is 24.2 Å². The van der Waals surface area contributed by atoms with Crippen LogP contribution in [0.25, 0.3) is 0 Å². The summed E-state index contributed by atoms with van der Waals surface area (Å²) in [5.41, 5.74) is 3.61. The van der Waals surface area contributed by atoms with E-state index in [2.05, 4.69) is 15.6 Å². The fourth-order valence-corrected chi connectivity index (χ4v) is 3.54. The Morgan fingerprint density at radius 2 is 2.20 bits per heavy atom. The molecule has 1 unspecified atom stereocenters. The molecule has 25 heavy (non-hydrogen) atoms. The van der Waals surface area contributed by atoms with Gasteiger partial charge in [0.25, 0.3) is 0 Å². The van der Waals surface area contributed by atoms with Gasteiger partial charge in [0.05, 0.1) is 0 Å². The van der Waals surface area contributed by atoms with E-state index in [9.17, 15) is 9.59 Å². The topological polar surface area (TPSA) is 83.2 Å². The van der Waals surface area contributed by atoms with Gasteiger partial charge in [0, 0.05) is 29.3 Å². The minimum atomic E-state index is -0.515. The van der Waals surface area contributed by atoms with Crippen molar-refractivity contribution >= 4 is 23.1 Å². The lowest BCUT2D eigenvalue weighted by atomic mass is 10.1. The third kappa shape index (κ3) is 4.70. The second kappa shape index (κ2) is 7.01. The zero-order chi connectivity index (χ0) is 18.0. The number of nitrogens with one attached hydrogen (secondary N) is 3. The molecule has 0 bridgehead atoms. The highest BCUT2D eigenvalue weighted by atomic mass is 32.1. The molecule has 2 aromatic rings. The predicted molar refractivity (Wildman–Crippen MR) is 99.1 cm³/mol. The number of H-pyrrole nitrogens is 1. The first kappa shape index (κ1) is 17.7. The van der Waals surface area contributed by atoms with Crippen molar-refractivity contribution in [3.8, 4) is 0 Å². The molecule has 0 spiro atoms. The van der Waals surface area contributed by atoms with Crippen LogP contribution in [0.15, 0.2) is 28.4 Å². The molecule has 1 amide bonds. The average molecular weight is 361 g/mol. The largest absolute Gasteiger partial charge is 0.444 e. The molecule has 0 radical (unpaired) electrons. The van der Waals surface area contributed by atoms with E-state index in [-0.39, 0.29) is 10.9 Å². The number of benzene rings is 1. The summed E-state index contributed by atoms with van der Waals surface area (Å²) < 4.78 is 5.28. The fraction of sp³-hybridized carbons (Fsp3) is 0.444. The Hall–Kier alpha value is -2.12. The third-order valence-corrected chi connectivity index (χ3v) is 4.69. The van der Waals surface area contributed by atoms with Gasteiger partial charge in [-0.3, -0.25) is 10.1 Å². The van der Waals surface area contributed by atoms with Gasteiger partial charge in [0.1, 0.15) is 5.60 Å². The van der Waals surface area contributed by atoms with Gasteiger partial charge < -0.3 is 15.0 Å². The van der Waals surface area contributed by atoms with Crippen molar-refractivity contribution in [1.29, 1.82) is 0 Å². The highest BCUT2D eigenvalue weighted by molar-refractivity contribution is 7.07. The molecule has 1 aliphatic carbocycles. The molecule has 6 nitrogen and oxygen atoms in total. The molecule has 0 aliphatic heterocycles. The SMILES string of the molecule is CC(C)(C)OC(=O)Nc1ccc2c(c1)CCC2NCc1csc(=O)[nH]1. The monoisotopic (exact) mass is 361 g/mol. The zero-order valence-electron chi connectivity index (χ0n) is 14.6. The number of aromatic amines is 1. The van der Waals surface area contributed by atoms with Gasteiger partial charge in [-0.1, -0.05) is 17.4 Å². The molecule has 7 heteroatoms. The standard InChI is InChI=1S/C18H23N3O3S/c1-18(2,3)24-16(22)20-12-5-6-14-11(8-12)4-7-15(14)19-9-13-10-25-17(23)21-13/h5-6,8,10,15,19H,4,7,9H2,1-3H3,(H,20,22)(H,21,23). The van der Waals surface area contributed by atoms with Crippen molar-refractivity contribution in [3.63, 3.8) is 0 Å². The third-order valence-electron chi connectivity index (χ3n) is 3.98. The number of carbonyl (C=O) groups is 1. The van der Waals surface area contributed by atoms with E-state index >= 15 is 0 Å². The highest BCUT2D eigenvalue weighted by Gasteiger charge is 2.23. The lowest BCUT2D eigenvalue weighted by Gasteiger charge is -2.20. The van der Waals surface area contributed by atoms with Crippen molar-refractivity contribution in [3.05, 3.63) is 50.1 Å². The summed E-state index contributed by atoms with van der Waals surface area (Å²) in [4.78, 5) is 25.9. The maximum absolute atomic E-state index is 11.9. The van der Waals surface area contributed by atoms with Crippen LogP contribution in [0.3, 0.4) is 0 Å². The normalized spacial score (nSPS) is 16.5. The number of amides is 1. The Labute approximate surface area is 150 Å². The van der Waals surface area contributed by atoms with E-state index in [4.69, 9.17) is 4.74 Å². The Bertz CT molecular complexity index is 819. The van der Waals surface area contributed by atoms with Crippen LogP contribution in [-0.2, 0) is 17.7 Å². The number of aromatic nitrogens is 1. The van der Waals surface area contributed by atoms with Gasteiger partial charge in [0.15, 0.2) is 0 Å². The lowest BCUT2D eigenvalue weighted by molar-refractivity contribution is 0.0636. The molecule has 1 aromatic heterocycles. The molecule has 3 N–H and O–H groups in total. The lowest BCUT2D eigenvalue weighted by Crippen LogP contribution is -2.27. The molecule has 3 rings (SSSR count). The Morgan fingerprint density at radius 1 is 1.40 bits per heavy atom. The maximum Gasteiger partial charge on any atom is 0.412 e. The van der Waals surface area contributed by atoms with Gasteiger partial charge in [-0.2, -0.15) is 0 Å². The number of hydrogen-bond acceptors (Lipinski definition) is 5. The molecule has 134 valence electrons. The second-order valence-corrected chi connectivity index (χ2v) is 8.03. The molecule has 1 atom stereocenters. The molecule has 0 saturated heterocycles. The van der Waals surface area contributed by atoms with Crippen LogP contribution in [0.2, 0.25) is 0 Å². The summed E-state index contributed by atoms with van der Waals surface area (Å²) in [6.45, 7) is 6.16. The Kier molecular flexibility index (Phi) is 4.96.